The third kappa shape index (κ3) is 3.81. The smallest absolute Gasteiger partial charge is 0.135 e. The molecule has 0 aliphatic carbocycles. The minimum Gasteiger partial charge on any atom is -0.488 e. The van der Waals surface area contributed by atoms with Crippen LogP contribution >= 0.6 is 11.3 Å². The first kappa shape index (κ1) is 16.2. The molecule has 0 amide bonds. The van der Waals surface area contributed by atoms with Crippen LogP contribution in [0.15, 0.2) is 48.5 Å². The number of hydrogen-bond donors (Lipinski definition) is 0. The van der Waals surface area contributed by atoms with Gasteiger partial charge in [0.25, 0.3) is 0 Å². The fourth-order valence-corrected chi connectivity index (χ4v) is 3.21. The lowest BCUT2D eigenvalue weighted by molar-refractivity contribution is 0.131. The Kier molecular flexibility index (Phi) is 4.37. The molecule has 0 aliphatic heterocycles. The van der Waals surface area contributed by atoms with Crippen LogP contribution in [0.3, 0.4) is 0 Å². The number of rotatable bonds is 3. The summed E-state index contributed by atoms with van der Waals surface area (Å²) in [5.74, 6) is 0.818. The van der Waals surface area contributed by atoms with Crippen LogP contribution in [0.5, 0.6) is 5.75 Å². The standard InChI is InChI=1S/C20H18N2OS/c1-20(2,3)23-16-10-8-14(9-11-16)12-15(13-21)19-22-17-6-4-5-7-18(17)24-19/h4-12H,1-3H3/b15-12-. The van der Waals surface area contributed by atoms with Gasteiger partial charge in [-0.1, -0.05) is 24.3 Å². The molecule has 4 heteroatoms. The van der Waals surface area contributed by atoms with E-state index in [-0.39, 0.29) is 5.60 Å². The van der Waals surface area contributed by atoms with Crippen molar-refractivity contribution >= 4 is 33.2 Å². The van der Waals surface area contributed by atoms with E-state index in [1.165, 1.54) is 11.3 Å². The Morgan fingerprint density at radius 3 is 2.46 bits per heavy atom. The van der Waals surface area contributed by atoms with E-state index in [0.29, 0.717) is 5.57 Å². The number of benzene rings is 2. The number of ether oxygens (including phenoxy) is 1. The third-order valence-electron chi connectivity index (χ3n) is 3.26. The lowest BCUT2D eigenvalue weighted by Gasteiger charge is -2.21. The maximum Gasteiger partial charge on any atom is 0.135 e. The number of thiazole rings is 1. The minimum atomic E-state index is -0.226. The summed E-state index contributed by atoms with van der Waals surface area (Å²) in [5.41, 5.74) is 2.22. The van der Waals surface area contributed by atoms with Crippen molar-refractivity contribution in [2.45, 2.75) is 26.4 Å². The number of para-hydroxylation sites is 1. The van der Waals surface area contributed by atoms with E-state index in [2.05, 4.69) is 11.1 Å². The summed E-state index contributed by atoms with van der Waals surface area (Å²) >= 11 is 1.53. The fraction of sp³-hybridized carbons (Fsp3) is 0.200. The molecule has 1 heterocycles. The third-order valence-corrected chi connectivity index (χ3v) is 4.33. The molecule has 120 valence electrons. The lowest BCUT2D eigenvalue weighted by Crippen LogP contribution is -2.22. The topological polar surface area (TPSA) is 45.9 Å². The Morgan fingerprint density at radius 1 is 1.12 bits per heavy atom. The Morgan fingerprint density at radius 2 is 1.83 bits per heavy atom. The van der Waals surface area contributed by atoms with Crippen LogP contribution < -0.4 is 4.74 Å². The van der Waals surface area contributed by atoms with Gasteiger partial charge in [-0.25, -0.2) is 4.98 Å². The van der Waals surface area contributed by atoms with Crippen molar-refractivity contribution in [2.75, 3.05) is 0 Å². The van der Waals surface area contributed by atoms with E-state index in [9.17, 15) is 5.26 Å². The first-order valence-electron chi connectivity index (χ1n) is 7.71. The number of nitrogens with zero attached hydrogens (tertiary/aromatic N) is 2. The quantitative estimate of drug-likeness (QED) is 0.591. The van der Waals surface area contributed by atoms with Gasteiger partial charge in [0, 0.05) is 0 Å². The lowest BCUT2D eigenvalue weighted by atomic mass is 10.1. The Bertz CT molecular complexity index is 892. The van der Waals surface area contributed by atoms with Crippen molar-refractivity contribution in [1.82, 2.24) is 4.98 Å². The maximum atomic E-state index is 9.50. The molecule has 0 aliphatic rings. The van der Waals surface area contributed by atoms with Gasteiger partial charge in [-0.15, -0.1) is 11.3 Å². The van der Waals surface area contributed by atoms with E-state index in [1.807, 2.05) is 75.4 Å². The molecular formula is C20H18N2OS. The van der Waals surface area contributed by atoms with Crippen LogP contribution in [0.1, 0.15) is 31.3 Å². The monoisotopic (exact) mass is 334 g/mol. The van der Waals surface area contributed by atoms with Crippen molar-refractivity contribution in [3.63, 3.8) is 0 Å². The van der Waals surface area contributed by atoms with Crippen molar-refractivity contribution < 1.29 is 4.74 Å². The molecule has 1 aromatic heterocycles. The van der Waals surface area contributed by atoms with Crippen molar-refractivity contribution in [1.29, 1.82) is 5.26 Å². The largest absolute Gasteiger partial charge is 0.488 e. The zero-order valence-corrected chi connectivity index (χ0v) is 14.7. The van der Waals surface area contributed by atoms with Crippen LogP contribution in [0.25, 0.3) is 21.9 Å². The molecular weight excluding hydrogens is 316 g/mol. The van der Waals surface area contributed by atoms with E-state index < -0.39 is 0 Å². The number of nitriles is 1. The van der Waals surface area contributed by atoms with Gasteiger partial charge >= 0.3 is 0 Å². The molecule has 0 saturated heterocycles. The first-order valence-corrected chi connectivity index (χ1v) is 8.53. The van der Waals surface area contributed by atoms with Gasteiger partial charge in [-0.05, 0) is 56.7 Å². The van der Waals surface area contributed by atoms with Gasteiger partial charge in [0.2, 0.25) is 0 Å². The summed E-state index contributed by atoms with van der Waals surface area (Å²) in [6, 6.07) is 17.9. The average Bonchev–Trinajstić information content (AvgIpc) is 2.96. The van der Waals surface area contributed by atoms with Gasteiger partial charge in [0.15, 0.2) is 0 Å². The highest BCUT2D eigenvalue weighted by atomic mass is 32.1. The fourth-order valence-electron chi connectivity index (χ4n) is 2.28. The van der Waals surface area contributed by atoms with E-state index >= 15 is 0 Å². The molecule has 24 heavy (non-hydrogen) atoms. The van der Waals surface area contributed by atoms with Crippen molar-refractivity contribution in [3.05, 3.63) is 59.1 Å². The second-order valence-electron chi connectivity index (χ2n) is 6.44. The number of allylic oxidation sites excluding steroid dienone is 1. The molecule has 2 aromatic carbocycles. The normalized spacial score (nSPS) is 12.2. The summed E-state index contributed by atoms with van der Waals surface area (Å²) in [6.45, 7) is 6.05. The van der Waals surface area contributed by atoms with Crippen LogP contribution in [0, 0.1) is 11.3 Å². The molecule has 3 rings (SSSR count). The second kappa shape index (κ2) is 6.46. The zero-order valence-electron chi connectivity index (χ0n) is 13.9. The Hall–Kier alpha value is -2.64. The van der Waals surface area contributed by atoms with Crippen molar-refractivity contribution in [3.8, 4) is 11.8 Å². The SMILES string of the molecule is CC(C)(C)Oc1ccc(/C=C(/C#N)c2nc3ccccc3s2)cc1. The molecule has 3 nitrogen and oxygen atoms in total. The van der Waals surface area contributed by atoms with E-state index in [4.69, 9.17) is 4.74 Å². The summed E-state index contributed by atoms with van der Waals surface area (Å²) in [4.78, 5) is 4.55. The molecule has 0 N–H and O–H groups in total. The molecule has 0 unspecified atom stereocenters. The van der Waals surface area contributed by atoms with Gasteiger partial charge in [0.1, 0.15) is 22.4 Å². The Labute approximate surface area is 145 Å². The van der Waals surface area contributed by atoms with Crippen LogP contribution in [0.2, 0.25) is 0 Å². The Balaban J connectivity index is 1.89. The summed E-state index contributed by atoms with van der Waals surface area (Å²) < 4.78 is 6.90. The molecule has 0 spiro atoms. The zero-order chi connectivity index (χ0) is 17.2. The van der Waals surface area contributed by atoms with Gasteiger partial charge in [-0.3, -0.25) is 0 Å². The second-order valence-corrected chi connectivity index (χ2v) is 7.47. The average molecular weight is 334 g/mol. The van der Waals surface area contributed by atoms with Gasteiger partial charge in [-0.2, -0.15) is 5.26 Å². The predicted octanol–water partition coefficient (Wildman–Crippen LogP) is 5.54. The highest BCUT2D eigenvalue weighted by Gasteiger charge is 2.12. The highest BCUT2D eigenvalue weighted by Crippen LogP contribution is 2.28. The van der Waals surface area contributed by atoms with Gasteiger partial charge < -0.3 is 4.74 Å². The first-order chi connectivity index (χ1) is 11.4. The molecule has 0 radical (unpaired) electrons. The van der Waals surface area contributed by atoms with Crippen LogP contribution in [-0.4, -0.2) is 10.6 Å². The van der Waals surface area contributed by atoms with Crippen LogP contribution in [-0.2, 0) is 0 Å². The minimum absolute atomic E-state index is 0.226. The maximum absolute atomic E-state index is 9.50. The molecule has 0 fully saturated rings. The van der Waals surface area contributed by atoms with E-state index in [0.717, 1.165) is 26.5 Å². The predicted molar refractivity (Wildman–Crippen MR) is 99.9 cm³/mol. The van der Waals surface area contributed by atoms with Crippen molar-refractivity contribution in [2.24, 2.45) is 0 Å². The number of aromatic nitrogens is 1. The summed E-state index contributed by atoms with van der Waals surface area (Å²) in [5, 5.41) is 10.2. The van der Waals surface area contributed by atoms with Crippen LogP contribution in [0.4, 0.5) is 0 Å². The summed E-state index contributed by atoms with van der Waals surface area (Å²) in [7, 11) is 0. The highest BCUT2D eigenvalue weighted by molar-refractivity contribution is 7.19. The molecule has 0 atom stereocenters. The molecule has 3 aromatic rings. The molecule has 0 bridgehead atoms. The van der Waals surface area contributed by atoms with E-state index in [1.54, 1.807) is 0 Å². The number of fused-ring (bicyclic) bond motifs is 1. The summed E-state index contributed by atoms with van der Waals surface area (Å²) in [6.07, 6.45) is 1.86. The van der Waals surface area contributed by atoms with Gasteiger partial charge in [0.05, 0.1) is 15.8 Å². The molecule has 0 saturated carbocycles. The number of hydrogen-bond acceptors (Lipinski definition) is 4.